The molecule has 1 aromatic carbocycles. The number of anilines is 1. The zero-order valence-corrected chi connectivity index (χ0v) is 10.2. The minimum Gasteiger partial charge on any atom is -0.323 e. The molecule has 2 rings (SSSR count). The molecular weight excluding hydrogens is 252 g/mol. The molecule has 1 fully saturated rings. The number of amides is 2. The van der Waals surface area contributed by atoms with Gasteiger partial charge in [0.2, 0.25) is 0 Å². The van der Waals surface area contributed by atoms with E-state index in [4.69, 9.17) is 5.26 Å². The maximum absolute atomic E-state index is 13.4. The summed E-state index contributed by atoms with van der Waals surface area (Å²) >= 11 is 0. The van der Waals surface area contributed by atoms with E-state index in [9.17, 15) is 13.6 Å². The Balaban J connectivity index is 2.02. The number of nitrogens with one attached hydrogen (secondary N) is 1. The molecule has 0 aromatic heterocycles. The van der Waals surface area contributed by atoms with Crippen molar-refractivity contribution in [1.82, 2.24) is 4.90 Å². The highest BCUT2D eigenvalue weighted by Crippen LogP contribution is 2.19. The molecule has 100 valence electrons. The van der Waals surface area contributed by atoms with Gasteiger partial charge in [0, 0.05) is 19.2 Å². The van der Waals surface area contributed by atoms with Gasteiger partial charge in [-0.3, -0.25) is 0 Å². The fourth-order valence-corrected chi connectivity index (χ4v) is 2.05. The highest BCUT2D eigenvalue weighted by atomic mass is 19.1. The molecule has 0 radical (unpaired) electrons. The molecule has 1 aromatic rings. The Morgan fingerprint density at radius 3 is 2.95 bits per heavy atom. The van der Waals surface area contributed by atoms with Gasteiger partial charge in [-0.2, -0.15) is 5.26 Å². The van der Waals surface area contributed by atoms with Crippen molar-refractivity contribution in [2.75, 3.05) is 18.4 Å². The van der Waals surface area contributed by atoms with Crippen molar-refractivity contribution in [1.29, 1.82) is 5.26 Å². The zero-order valence-electron chi connectivity index (χ0n) is 10.2. The number of nitriles is 1. The Morgan fingerprint density at radius 2 is 2.26 bits per heavy atom. The molecule has 0 bridgehead atoms. The van der Waals surface area contributed by atoms with Crippen LogP contribution in [0, 0.1) is 28.9 Å². The van der Waals surface area contributed by atoms with E-state index in [0.29, 0.717) is 19.2 Å². The van der Waals surface area contributed by atoms with Gasteiger partial charge in [-0.05, 0) is 25.0 Å². The molecule has 0 aliphatic carbocycles. The Kier molecular flexibility index (Phi) is 3.95. The number of urea groups is 1. The highest BCUT2D eigenvalue weighted by Gasteiger charge is 2.23. The summed E-state index contributed by atoms with van der Waals surface area (Å²) in [6, 6.07) is 4.62. The van der Waals surface area contributed by atoms with E-state index in [-0.39, 0.29) is 11.6 Å². The van der Waals surface area contributed by atoms with E-state index in [1.54, 1.807) is 0 Å². The van der Waals surface area contributed by atoms with Crippen LogP contribution in [0.15, 0.2) is 18.2 Å². The number of likely N-dealkylation sites (tertiary alicyclic amines) is 1. The normalized spacial score (nSPS) is 18.8. The number of carbonyl (C=O) groups is 1. The molecule has 1 heterocycles. The first kappa shape index (κ1) is 13.3. The van der Waals surface area contributed by atoms with E-state index < -0.39 is 17.7 Å². The third-order valence-electron chi connectivity index (χ3n) is 3.06. The van der Waals surface area contributed by atoms with Crippen molar-refractivity contribution < 1.29 is 13.6 Å². The lowest BCUT2D eigenvalue weighted by Crippen LogP contribution is -2.42. The van der Waals surface area contributed by atoms with Gasteiger partial charge in [0.1, 0.15) is 11.6 Å². The predicted molar refractivity (Wildman–Crippen MR) is 65.3 cm³/mol. The van der Waals surface area contributed by atoms with Crippen molar-refractivity contribution >= 4 is 11.7 Å². The first-order chi connectivity index (χ1) is 9.10. The average Bonchev–Trinajstić information content (AvgIpc) is 2.42. The van der Waals surface area contributed by atoms with Crippen LogP contribution in [0.2, 0.25) is 0 Å². The van der Waals surface area contributed by atoms with Crippen LogP contribution in [0.3, 0.4) is 0 Å². The Morgan fingerprint density at radius 1 is 1.47 bits per heavy atom. The van der Waals surface area contributed by atoms with E-state index in [1.807, 2.05) is 0 Å². The first-order valence-electron chi connectivity index (χ1n) is 6.00. The van der Waals surface area contributed by atoms with Crippen LogP contribution in [0.25, 0.3) is 0 Å². The summed E-state index contributed by atoms with van der Waals surface area (Å²) in [7, 11) is 0. The molecule has 6 heteroatoms. The van der Waals surface area contributed by atoms with Crippen LogP contribution in [0.5, 0.6) is 0 Å². The quantitative estimate of drug-likeness (QED) is 0.848. The summed E-state index contributed by atoms with van der Waals surface area (Å²) in [4.78, 5) is 13.4. The number of halogens is 2. The summed E-state index contributed by atoms with van der Waals surface area (Å²) < 4.78 is 26.1. The minimum atomic E-state index is -0.817. The van der Waals surface area contributed by atoms with E-state index in [2.05, 4.69) is 11.4 Å². The second-order valence-corrected chi connectivity index (χ2v) is 4.47. The number of piperidine rings is 1. The average molecular weight is 265 g/mol. The molecule has 1 aliphatic heterocycles. The predicted octanol–water partition coefficient (Wildman–Crippen LogP) is 2.73. The van der Waals surface area contributed by atoms with Crippen molar-refractivity contribution in [2.45, 2.75) is 12.8 Å². The third-order valence-corrected chi connectivity index (χ3v) is 3.06. The lowest BCUT2D eigenvalue weighted by atomic mass is 10.0. The molecule has 4 nitrogen and oxygen atoms in total. The van der Waals surface area contributed by atoms with E-state index in [0.717, 1.165) is 18.9 Å². The third kappa shape index (κ3) is 3.19. The number of hydrogen-bond donors (Lipinski definition) is 1. The zero-order chi connectivity index (χ0) is 13.8. The molecular formula is C13H13F2N3O. The molecule has 2 amide bonds. The van der Waals surface area contributed by atoms with E-state index in [1.165, 1.54) is 11.0 Å². The van der Waals surface area contributed by atoms with Crippen LogP contribution < -0.4 is 5.32 Å². The largest absolute Gasteiger partial charge is 0.323 e. The molecule has 19 heavy (non-hydrogen) atoms. The summed E-state index contributed by atoms with van der Waals surface area (Å²) in [5, 5.41) is 11.2. The van der Waals surface area contributed by atoms with Gasteiger partial charge in [-0.1, -0.05) is 0 Å². The molecule has 1 unspecified atom stereocenters. The van der Waals surface area contributed by atoms with E-state index >= 15 is 0 Å². The molecule has 0 saturated carbocycles. The number of carbonyl (C=O) groups excluding carboxylic acids is 1. The number of hydrogen-bond acceptors (Lipinski definition) is 2. The van der Waals surface area contributed by atoms with Crippen molar-refractivity contribution in [2.24, 2.45) is 5.92 Å². The van der Waals surface area contributed by atoms with Crippen LogP contribution >= 0.6 is 0 Å². The van der Waals surface area contributed by atoms with Crippen LogP contribution in [0.4, 0.5) is 19.3 Å². The Labute approximate surface area is 109 Å². The summed E-state index contributed by atoms with van der Waals surface area (Å²) in [5.41, 5.74) is -0.0644. The highest BCUT2D eigenvalue weighted by molar-refractivity contribution is 5.89. The van der Waals surface area contributed by atoms with Crippen LogP contribution in [-0.2, 0) is 0 Å². The standard InChI is InChI=1S/C13H13F2N3O/c14-10-3-4-12(11(15)6-10)17-13(19)18-5-1-2-9(7-16)8-18/h3-4,6,9H,1-2,5,8H2,(H,17,19). The smallest absolute Gasteiger partial charge is 0.321 e. The van der Waals surface area contributed by atoms with Crippen LogP contribution in [0.1, 0.15) is 12.8 Å². The molecule has 1 aliphatic rings. The van der Waals surface area contributed by atoms with Crippen molar-refractivity contribution in [3.63, 3.8) is 0 Å². The van der Waals surface area contributed by atoms with Crippen LogP contribution in [-0.4, -0.2) is 24.0 Å². The summed E-state index contributed by atoms with van der Waals surface area (Å²) in [5.74, 6) is -1.70. The maximum atomic E-state index is 13.4. The molecule has 1 N–H and O–H groups in total. The van der Waals surface area contributed by atoms with Crippen molar-refractivity contribution in [3.05, 3.63) is 29.8 Å². The van der Waals surface area contributed by atoms with Gasteiger partial charge in [-0.25, -0.2) is 13.6 Å². The Hall–Kier alpha value is -2.16. The summed E-state index contributed by atoms with van der Waals surface area (Å²) in [6.45, 7) is 0.873. The number of rotatable bonds is 1. The lowest BCUT2D eigenvalue weighted by Gasteiger charge is -2.29. The maximum Gasteiger partial charge on any atom is 0.321 e. The fourth-order valence-electron chi connectivity index (χ4n) is 2.05. The topological polar surface area (TPSA) is 56.1 Å². The second kappa shape index (κ2) is 5.65. The molecule has 1 saturated heterocycles. The van der Waals surface area contributed by atoms with Gasteiger partial charge in [0.05, 0.1) is 17.7 Å². The van der Waals surface area contributed by atoms with Gasteiger partial charge < -0.3 is 10.2 Å². The Bertz CT molecular complexity index is 527. The summed E-state index contributed by atoms with van der Waals surface area (Å²) in [6.07, 6.45) is 1.52. The fraction of sp³-hybridized carbons (Fsp3) is 0.385. The molecule has 1 atom stereocenters. The van der Waals surface area contributed by atoms with Gasteiger partial charge in [-0.15, -0.1) is 0 Å². The number of nitrogens with zero attached hydrogens (tertiary/aromatic N) is 2. The van der Waals surface area contributed by atoms with Gasteiger partial charge in [0.25, 0.3) is 0 Å². The number of benzene rings is 1. The SMILES string of the molecule is N#CC1CCCN(C(=O)Nc2ccc(F)cc2F)C1. The molecule has 0 spiro atoms. The lowest BCUT2D eigenvalue weighted by molar-refractivity contribution is 0.189. The monoisotopic (exact) mass is 265 g/mol. The van der Waals surface area contributed by atoms with Gasteiger partial charge >= 0.3 is 6.03 Å². The van der Waals surface area contributed by atoms with Gasteiger partial charge in [0.15, 0.2) is 0 Å². The van der Waals surface area contributed by atoms with Crippen molar-refractivity contribution in [3.8, 4) is 6.07 Å². The first-order valence-corrected chi connectivity index (χ1v) is 6.00. The minimum absolute atomic E-state index is 0.0644. The second-order valence-electron chi connectivity index (χ2n) is 4.47.